The molecule has 0 radical (unpaired) electrons. The van der Waals surface area contributed by atoms with E-state index in [0.29, 0.717) is 6.61 Å². The van der Waals surface area contributed by atoms with Gasteiger partial charge in [0.1, 0.15) is 5.75 Å². The van der Waals surface area contributed by atoms with Crippen molar-refractivity contribution in [3.8, 4) is 5.75 Å². The summed E-state index contributed by atoms with van der Waals surface area (Å²) in [6.45, 7) is 8.82. The van der Waals surface area contributed by atoms with E-state index >= 15 is 0 Å². The standard InChI is InChI=1S/C22H29NO3/c1-6-26-21(24)19-14(2)23-18-13-22(3,4)12-11-17(18)20(19)15-7-9-16(25-5)10-8-15/h7-10,20,23H,6,11-13H2,1-5H3. The molecule has 2 aliphatic rings. The van der Waals surface area contributed by atoms with Crippen LogP contribution in [0.25, 0.3) is 0 Å². The molecule has 1 heterocycles. The van der Waals surface area contributed by atoms with Gasteiger partial charge in [-0.3, -0.25) is 0 Å². The number of hydrogen-bond acceptors (Lipinski definition) is 4. The molecule has 0 bridgehead atoms. The van der Waals surface area contributed by atoms with E-state index in [4.69, 9.17) is 9.47 Å². The van der Waals surface area contributed by atoms with E-state index in [-0.39, 0.29) is 17.3 Å². The van der Waals surface area contributed by atoms with Crippen molar-refractivity contribution in [3.63, 3.8) is 0 Å². The van der Waals surface area contributed by atoms with Crippen LogP contribution in [0.3, 0.4) is 0 Å². The summed E-state index contributed by atoms with van der Waals surface area (Å²) in [5.41, 5.74) is 5.62. The average molecular weight is 355 g/mol. The van der Waals surface area contributed by atoms with E-state index in [2.05, 4.69) is 31.3 Å². The minimum absolute atomic E-state index is 0.0488. The summed E-state index contributed by atoms with van der Waals surface area (Å²) >= 11 is 0. The Morgan fingerprint density at radius 1 is 1.27 bits per heavy atom. The van der Waals surface area contributed by atoms with Crippen LogP contribution in [-0.2, 0) is 9.53 Å². The molecule has 140 valence electrons. The number of nitrogens with one attached hydrogen (secondary N) is 1. The molecule has 26 heavy (non-hydrogen) atoms. The zero-order chi connectivity index (χ0) is 18.9. The molecule has 4 nitrogen and oxygen atoms in total. The maximum Gasteiger partial charge on any atom is 0.336 e. The van der Waals surface area contributed by atoms with Crippen molar-refractivity contribution >= 4 is 5.97 Å². The number of benzene rings is 1. The van der Waals surface area contributed by atoms with Crippen molar-refractivity contribution in [2.24, 2.45) is 5.41 Å². The second kappa shape index (κ2) is 7.18. The first-order valence-electron chi connectivity index (χ1n) is 9.37. The van der Waals surface area contributed by atoms with Gasteiger partial charge in [-0.05, 0) is 61.8 Å². The lowest BCUT2D eigenvalue weighted by atomic mass is 9.69. The number of esters is 1. The monoisotopic (exact) mass is 355 g/mol. The van der Waals surface area contributed by atoms with E-state index in [0.717, 1.165) is 41.8 Å². The molecular weight excluding hydrogens is 326 g/mol. The first kappa shape index (κ1) is 18.6. The predicted molar refractivity (Wildman–Crippen MR) is 103 cm³/mol. The van der Waals surface area contributed by atoms with Crippen molar-refractivity contribution in [3.05, 3.63) is 52.4 Å². The molecule has 1 aliphatic carbocycles. The first-order valence-corrected chi connectivity index (χ1v) is 9.37. The molecule has 1 unspecified atom stereocenters. The molecule has 0 fully saturated rings. The molecular formula is C22H29NO3. The predicted octanol–water partition coefficient (Wildman–Crippen LogP) is 4.68. The van der Waals surface area contributed by atoms with E-state index in [1.807, 2.05) is 26.0 Å². The third-order valence-electron chi connectivity index (χ3n) is 5.44. The fraction of sp³-hybridized carbons (Fsp3) is 0.500. The van der Waals surface area contributed by atoms with Crippen LogP contribution in [0.1, 0.15) is 58.4 Å². The van der Waals surface area contributed by atoms with Crippen molar-refractivity contribution in [2.75, 3.05) is 13.7 Å². The summed E-state index contributed by atoms with van der Waals surface area (Å²) < 4.78 is 10.7. The molecule has 0 aromatic heterocycles. The first-order chi connectivity index (χ1) is 12.4. The highest BCUT2D eigenvalue weighted by Crippen LogP contribution is 2.48. The maximum absolute atomic E-state index is 12.7. The van der Waals surface area contributed by atoms with Crippen molar-refractivity contribution in [1.82, 2.24) is 5.32 Å². The third kappa shape index (κ3) is 3.50. The smallest absolute Gasteiger partial charge is 0.336 e. The number of allylic oxidation sites excluding steroid dienone is 3. The zero-order valence-electron chi connectivity index (χ0n) is 16.4. The molecule has 4 heteroatoms. The van der Waals surface area contributed by atoms with Crippen LogP contribution >= 0.6 is 0 Å². The molecule has 1 atom stereocenters. The molecule has 1 aromatic carbocycles. The number of hydrogen-bond donors (Lipinski definition) is 1. The fourth-order valence-electron chi connectivity index (χ4n) is 4.08. The summed E-state index contributed by atoms with van der Waals surface area (Å²) in [5, 5.41) is 3.52. The van der Waals surface area contributed by atoms with Gasteiger partial charge < -0.3 is 14.8 Å². The van der Waals surface area contributed by atoms with Crippen molar-refractivity contribution in [2.45, 2.75) is 52.9 Å². The Morgan fingerprint density at radius 2 is 1.96 bits per heavy atom. The van der Waals surface area contributed by atoms with Crippen LogP contribution in [0.5, 0.6) is 5.75 Å². The summed E-state index contributed by atoms with van der Waals surface area (Å²) in [6, 6.07) is 8.04. The van der Waals surface area contributed by atoms with Gasteiger partial charge in [0.15, 0.2) is 0 Å². The minimum atomic E-state index is -0.227. The lowest BCUT2D eigenvalue weighted by Gasteiger charge is -2.40. The molecule has 1 aliphatic heterocycles. The average Bonchev–Trinajstić information content (AvgIpc) is 2.60. The normalized spacial score (nSPS) is 21.8. The summed E-state index contributed by atoms with van der Waals surface area (Å²) in [4.78, 5) is 12.7. The molecule has 0 saturated heterocycles. The maximum atomic E-state index is 12.7. The van der Waals surface area contributed by atoms with Gasteiger partial charge in [0.25, 0.3) is 0 Å². The van der Waals surface area contributed by atoms with Crippen LogP contribution in [0.4, 0.5) is 0 Å². The highest BCUT2D eigenvalue weighted by Gasteiger charge is 2.38. The van der Waals surface area contributed by atoms with Crippen LogP contribution < -0.4 is 10.1 Å². The lowest BCUT2D eigenvalue weighted by Crippen LogP contribution is -2.34. The third-order valence-corrected chi connectivity index (χ3v) is 5.44. The van der Waals surface area contributed by atoms with Gasteiger partial charge in [-0.15, -0.1) is 0 Å². The number of ether oxygens (including phenoxy) is 2. The topological polar surface area (TPSA) is 47.6 Å². The largest absolute Gasteiger partial charge is 0.497 e. The second-order valence-corrected chi connectivity index (χ2v) is 7.94. The molecule has 1 aromatic rings. The van der Waals surface area contributed by atoms with Crippen LogP contribution in [-0.4, -0.2) is 19.7 Å². The quantitative estimate of drug-likeness (QED) is 0.797. The number of methoxy groups -OCH3 is 1. The SMILES string of the molecule is CCOC(=O)C1=C(C)NC2=C(CCC(C)(C)C2)C1c1ccc(OC)cc1. The Balaban J connectivity index is 2.08. The Morgan fingerprint density at radius 3 is 2.58 bits per heavy atom. The summed E-state index contributed by atoms with van der Waals surface area (Å²) in [6.07, 6.45) is 3.11. The summed E-state index contributed by atoms with van der Waals surface area (Å²) in [5.74, 6) is 0.544. The van der Waals surface area contributed by atoms with Gasteiger partial charge in [0, 0.05) is 17.3 Å². The lowest BCUT2D eigenvalue weighted by molar-refractivity contribution is -0.138. The molecule has 0 spiro atoms. The fourth-order valence-corrected chi connectivity index (χ4v) is 4.08. The van der Waals surface area contributed by atoms with Crippen LogP contribution in [0.2, 0.25) is 0 Å². The second-order valence-electron chi connectivity index (χ2n) is 7.94. The Hall–Kier alpha value is -2.23. The van der Waals surface area contributed by atoms with E-state index < -0.39 is 0 Å². The number of carbonyl (C=O) groups is 1. The minimum Gasteiger partial charge on any atom is -0.497 e. The van der Waals surface area contributed by atoms with E-state index in [1.165, 1.54) is 11.3 Å². The van der Waals surface area contributed by atoms with Crippen molar-refractivity contribution < 1.29 is 14.3 Å². The number of rotatable bonds is 4. The molecule has 1 N–H and O–H groups in total. The number of carbonyl (C=O) groups excluding carboxylic acids is 1. The zero-order valence-corrected chi connectivity index (χ0v) is 16.4. The van der Waals surface area contributed by atoms with Gasteiger partial charge in [-0.1, -0.05) is 26.0 Å². The molecule has 0 saturated carbocycles. The van der Waals surface area contributed by atoms with Gasteiger partial charge in [0.2, 0.25) is 0 Å². The Labute approximate surface area is 156 Å². The number of dihydropyridines is 1. The highest BCUT2D eigenvalue weighted by molar-refractivity contribution is 5.92. The van der Waals surface area contributed by atoms with E-state index in [1.54, 1.807) is 7.11 Å². The Bertz CT molecular complexity index is 756. The van der Waals surface area contributed by atoms with E-state index in [9.17, 15) is 4.79 Å². The van der Waals surface area contributed by atoms with Crippen LogP contribution in [0.15, 0.2) is 46.8 Å². The van der Waals surface area contributed by atoms with Gasteiger partial charge >= 0.3 is 5.97 Å². The van der Waals surface area contributed by atoms with Gasteiger partial charge in [-0.2, -0.15) is 0 Å². The van der Waals surface area contributed by atoms with Crippen LogP contribution in [0, 0.1) is 5.41 Å². The van der Waals surface area contributed by atoms with Crippen molar-refractivity contribution in [1.29, 1.82) is 0 Å². The Kier molecular flexibility index (Phi) is 5.12. The van der Waals surface area contributed by atoms with Gasteiger partial charge in [-0.25, -0.2) is 4.79 Å². The molecule has 3 rings (SSSR count). The van der Waals surface area contributed by atoms with Gasteiger partial charge in [0.05, 0.1) is 19.3 Å². The molecule has 0 amide bonds. The summed E-state index contributed by atoms with van der Waals surface area (Å²) in [7, 11) is 1.66. The highest BCUT2D eigenvalue weighted by atomic mass is 16.5.